The van der Waals surface area contributed by atoms with Crippen LogP contribution in [-0.2, 0) is 4.79 Å². The summed E-state index contributed by atoms with van der Waals surface area (Å²) in [5.74, 6) is 0.184. The quantitative estimate of drug-likeness (QED) is 0.403. The summed E-state index contributed by atoms with van der Waals surface area (Å²) in [6.07, 6.45) is 1.78. The molecule has 5 nitrogen and oxygen atoms in total. The number of thioether (sulfide) groups is 1. The average molecular weight is 509 g/mol. The van der Waals surface area contributed by atoms with Gasteiger partial charge in [0, 0.05) is 0 Å². The second kappa shape index (κ2) is 9.22. The summed E-state index contributed by atoms with van der Waals surface area (Å²) in [6.45, 7) is 4.02. The number of para-hydroxylation sites is 2. The molecule has 0 unspecified atom stereocenters. The van der Waals surface area contributed by atoms with Gasteiger partial charge in [0.1, 0.15) is 0 Å². The van der Waals surface area contributed by atoms with Gasteiger partial charge in [0.2, 0.25) is 0 Å². The van der Waals surface area contributed by atoms with Gasteiger partial charge in [0.25, 0.3) is 5.91 Å². The molecule has 3 aromatic rings. The third kappa shape index (κ3) is 4.31. The predicted octanol–water partition coefficient (Wildman–Crippen LogP) is 6.59. The lowest BCUT2D eigenvalue weighted by molar-refractivity contribution is -0.113. The zero-order valence-corrected chi connectivity index (χ0v) is 20.2. The fraction of sp³-hybridized carbons (Fsp3) is 0.120. The molecule has 0 aromatic heterocycles. The topological polar surface area (TPSA) is 62.1 Å². The summed E-state index contributed by atoms with van der Waals surface area (Å²) in [4.78, 5) is 20.5. The number of anilines is 1. The van der Waals surface area contributed by atoms with Crippen molar-refractivity contribution < 1.29 is 14.6 Å². The molecule has 1 aliphatic heterocycles. The summed E-state index contributed by atoms with van der Waals surface area (Å²) in [7, 11) is 1.49. The van der Waals surface area contributed by atoms with Crippen LogP contribution in [0, 0.1) is 13.8 Å². The van der Waals surface area contributed by atoms with Crippen molar-refractivity contribution in [2.75, 3.05) is 12.0 Å². The Bertz CT molecular complexity index is 1240. The van der Waals surface area contributed by atoms with Gasteiger partial charge in [0.15, 0.2) is 16.7 Å². The summed E-state index contributed by atoms with van der Waals surface area (Å²) in [5, 5.41) is 10.7. The highest BCUT2D eigenvalue weighted by atomic mass is 79.9. The van der Waals surface area contributed by atoms with Gasteiger partial charge in [-0.25, -0.2) is 4.99 Å². The smallest absolute Gasteiger partial charge is 0.271 e. The maximum Gasteiger partial charge on any atom is 0.271 e. The largest absolute Gasteiger partial charge is 0.503 e. The molecule has 0 spiro atoms. The molecule has 0 saturated carbocycles. The van der Waals surface area contributed by atoms with E-state index in [0.29, 0.717) is 20.3 Å². The van der Waals surface area contributed by atoms with Crippen LogP contribution in [0.3, 0.4) is 0 Å². The fourth-order valence-electron chi connectivity index (χ4n) is 3.42. The molecule has 162 valence electrons. The number of amides is 1. The number of methoxy groups -OCH3 is 1. The highest BCUT2D eigenvalue weighted by molar-refractivity contribution is 9.10. The van der Waals surface area contributed by atoms with Crippen LogP contribution in [-0.4, -0.2) is 23.3 Å². The molecule has 1 saturated heterocycles. The van der Waals surface area contributed by atoms with Gasteiger partial charge < -0.3 is 9.84 Å². The van der Waals surface area contributed by atoms with E-state index in [4.69, 9.17) is 9.73 Å². The molecule has 32 heavy (non-hydrogen) atoms. The minimum Gasteiger partial charge on any atom is -0.503 e. The first kappa shape index (κ1) is 22.2. The number of aryl methyl sites for hydroxylation is 2. The molecule has 3 aromatic carbocycles. The Labute approximate surface area is 199 Å². The van der Waals surface area contributed by atoms with E-state index in [1.807, 2.05) is 62.4 Å². The van der Waals surface area contributed by atoms with E-state index in [-0.39, 0.29) is 11.7 Å². The molecule has 4 rings (SSSR count). The van der Waals surface area contributed by atoms with E-state index in [0.717, 1.165) is 28.1 Å². The third-order valence-electron chi connectivity index (χ3n) is 5.04. The SMILES string of the molecule is COc1cc(/C=C2/SC(=Nc3c(C)cccc3C)N(c3ccccc3)C2=O)cc(Br)c1O. The van der Waals surface area contributed by atoms with Crippen molar-refractivity contribution in [1.29, 1.82) is 0 Å². The van der Waals surface area contributed by atoms with E-state index in [1.165, 1.54) is 18.9 Å². The van der Waals surface area contributed by atoms with Crippen LogP contribution < -0.4 is 9.64 Å². The van der Waals surface area contributed by atoms with E-state index >= 15 is 0 Å². The lowest BCUT2D eigenvalue weighted by atomic mass is 10.1. The number of ether oxygens (including phenoxy) is 1. The van der Waals surface area contributed by atoms with Crippen LogP contribution >= 0.6 is 27.7 Å². The zero-order valence-electron chi connectivity index (χ0n) is 17.8. The Morgan fingerprint density at radius 2 is 1.75 bits per heavy atom. The fourth-order valence-corrected chi connectivity index (χ4v) is 4.86. The lowest BCUT2D eigenvalue weighted by Gasteiger charge is -2.16. The summed E-state index contributed by atoms with van der Waals surface area (Å²) in [6, 6.07) is 18.9. The summed E-state index contributed by atoms with van der Waals surface area (Å²) >= 11 is 4.66. The number of hydrogen-bond acceptors (Lipinski definition) is 5. The minimum absolute atomic E-state index is 0.0169. The zero-order chi connectivity index (χ0) is 22.8. The lowest BCUT2D eigenvalue weighted by Crippen LogP contribution is -2.28. The molecule has 0 bridgehead atoms. The second-order valence-electron chi connectivity index (χ2n) is 7.28. The number of aromatic hydroxyl groups is 1. The highest BCUT2D eigenvalue weighted by Crippen LogP contribution is 2.40. The number of phenolic OH excluding ortho intramolecular Hbond substituents is 1. The molecular formula is C25H21BrN2O3S. The van der Waals surface area contributed by atoms with Crippen LogP contribution in [0.1, 0.15) is 16.7 Å². The Morgan fingerprint density at radius 3 is 2.41 bits per heavy atom. The van der Waals surface area contributed by atoms with Crippen LogP contribution in [0.15, 0.2) is 75.0 Å². The van der Waals surface area contributed by atoms with Gasteiger partial charge in [-0.15, -0.1) is 0 Å². The Hall–Kier alpha value is -3.03. The van der Waals surface area contributed by atoms with Crippen molar-refractivity contribution in [3.8, 4) is 11.5 Å². The third-order valence-corrected chi connectivity index (χ3v) is 6.61. The van der Waals surface area contributed by atoms with E-state index < -0.39 is 0 Å². The first-order valence-electron chi connectivity index (χ1n) is 9.89. The Kier molecular flexibility index (Phi) is 6.39. The molecule has 1 N–H and O–H groups in total. The number of rotatable bonds is 4. The molecule has 0 atom stereocenters. The normalized spacial score (nSPS) is 16.2. The van der Waals surface area contributed by atoms with E-state index in [9.17, 15) is 9.90 Å². The van der Waals surface area contributed by atoms with Crippen LogP contribution in [0.5, 0.6) is 11.5 Å². The van der Waals surface area contributed by atoms with Crippen LogP contribution in [0.2, 0.25) is 0 Å². The number of amidine groups is 1. The number of phenols is 1. The van der Waals surface area contributed by atoms with Gasteiger partial charge in [-0.1, -0.05) is 36.4 Å². The molecule has 1 heterocycles. The molecule has 0 radical (unpaired) electrons. The maximum absolute atomic E-state index is 13.5. The van der Waals surface area contributed by atoms with Crippen molar-refractivity contribution in [1.82, 2.24) is 0 Å². The van der Waals surface area contributed by atoms with E-state index in [1.54, 1.807) is 23.1 Å². The first-order valence-corrected chi connectivity index (χ1v) is 11.5. The monoisotopic (exact) mass is 508 g/mol. The van der Waals surface area contributed by atoms with Crippen molar-refractivity contribution in [2.24, 2.45) is 4.99 Å². The number of carbonyl (C=O) groups excluding carboxylic acids is 1. The number of halogens is 1. The number of aliphatic imine (C=N–C) groups is 1. The molecule has 1 aliphatic rings. The molecular weight excluding hydrogens is 488 g/mol. The number of hydrogen-bond donors (Lipinski definition) is 1. The number of benzene rings is 3. The average Bonchev–Trinajstić information content (AvgIpc) is 3.08. The Balaban J connectivity index is 1.82. The van der Waals surface area contributed by atoms with Gasteiger partial charge in [-0.05, 0) is 88.6 Å². The van der Waals surface area contributed by atoms with Crippen molar-refractivity contribution in [3.63, 3.8) is 0 Å². The molecule has 1 amide bonds. The standard InChI is InChI=1S/C25H21BrN2O3S/c1-15-8-7-9-16(2)22(15)27-25-28(18-10-5-4-6-11-18)24(30)21(32-25)14-17-12-19(26)23(29)20(13-17)31-3/h4-14,29H,1-3H3/b21-14+,27-25?. The maximum atomic E-state index is 13.5. The van der Waals surface area contributed by atoms with Gasteiger partial charge in [0.05, 0.1) is 27.9 Å². The first-order chi connectivity index (χ1) is 15.4. The van der Waals surface area contributed by atoms with Gasteiger partial charge in [-0.3, -0.25) is 9.69 Å². The number of nitrogens with zero attached hydrogens (tertiary/aromatic N) is 2. The minimum atomic E-state index is -0.158. The summed E-state index contributed by atoms with van der Waals surface area (Å²) in [5.41, 5.74) is 4.43. The second-order valence-corrected chi connectivity index (χ2v) is 9.14. The highest BCUT2D eigenvalue weighted by Gasteiger charge is 2.35. The summed E-state index contributed by atoms with van der Waals surface area (Å²) < 4.78 is 5.73. The van der Waals surface area contributed by atoms with Crippen molar-refractivity contribution in [2.45, 2.75) is 13.8 Å². The predicted molar refractivity (Wildman–Crippen MR) is 135 cm³/mol. The Morgan fingerprint density at radius 1 is 1.06 bits per heavy atom. The van der Waals surface area contributed by atoms with Gasteiger partial charge >= 0.3 is 0 Å². The van der Waals surface area contributed by atoms with Crippen molar-refractivity contribution in [3.05, 3.63) is 86.7 Å². The van der Waals surface area contributed by atoms with Crippen LogP contribution in [0.4, 0.5) is 11.4 Å². The van der Waals surface area contributed by atoms with Gasteiger partial charge in [-0.2, -0.15) is 0 Å². The molecule has 1 fully saturated rings. The van der Waals surface area contributed by atoms with Crippen molar-refractivity contribution >= 4 is 56.2 Å². The number of carbonyl (C=O) groups is 1. The van der Waals surface area contributed by atoms with Crippen LogP contribution in [0.25, 0.3) is 6.08 Å². The molecule has 7 heteroatoms. The molecule has 0 aliphatic carbocycles. The van der Waals surface area contributed by atoms with E-state index in [2.05, 4.69) is 15.9 Å².